The highest BCUT2D eigenvalue weighted by atomic mass is 16.2. The van der Waals surface area contributed by atoms with Crippen molar-refractivity contribution in [1.82, 2.24) is 9.47 Å². The second-order valence-electron chi connectivity index (χ2n) is 4.87. The predicted molar refractivity (Wildman–Crippen MR) is 72.8 cm³/mol. The van der Waals surface area contributed by atoms with Gasteiger partial charge in [0.25, 0.3) is 5.91 Å². The summed E-state index contributed by atoms with van der Waals surface area (Å²) in [5.74, 6) is 0.315. The Bertz CT molecular complexity index is 654. The molecule has 0 fully saturated rings. The van der Waals surface area contributed by atoms with E-state index in [2.05, 4.69) is 18.7 Å². The van der Waals surface area contributed by atoms with E-state index in [1.165, 1.54) is 5.39 Å². The van der Waals surface area contributed by atoms with Crippen molar-refractivity contribution in [2.24, 2.45) is 7.05 Å². The van der Waals surface area contributed by atoms with E-state index in [0.29, 0.717) is 6.54 Å². The van der Waals surface area contributed by atoms with Crippen LogP contribution in [0.4, 0.5) is 0 Å². The number of nitrogens with zero attached hydrogens (tertiary/aromatic N) is 2. The lowest BCUT2D eigenvalue weighted by Crippen LogP contribution is -2.37. The molecule has 2 aromatic rings. The van der Waals surface area contributed by atoms with E-state index in [1.54, 1.807) is 4.90 Å². The number of likely N-dealkylation sites (N-methyl/N-ethyl adjacent to an activating group) is 1. The monoisotopic (exact) mass is 240 g/mol. The van der Waals surface area contributed by atoms with Crippen LogP contribution in [0.5, 0.6) is 0 Å². The summed E-state index contributed by atoms with van der Waals surface area (Å²) in [6.45, 7) is 4.62. The number of amides is 1. The largest absolute Gasteiger partial charge is 0.339 e. The molecule has 0 saturated carbocycles. The van der Waals surface area contributed by atoms with Crippen LogP contribution in [0.15, 0.2) is 36.9 Å². The van der Waals surface area contributed by atoms with E-state index in [9.17, 15) is 4.79 Å². The van der Waals surface area contributed by atoms with Crippen LogP contribution >= 0.6 is 0 Å². The van der Waals surface area contributed by atoms with Crippen molar-refractivity contribution < 1.29 is 4.79 Å². The minimum Gasteiger partial charge on any atom is -0.339 e. The first-order valence-corrected chi connectivity index (χ1v) is 6.10. The molecule has 18 heavy (non-hydrogen) atoms. The summed E-state index contributed by atoms with van der Waals surface area (Å²) in [6, 6.07) is 8.17. The maximum absolute atomic E-state index is 12.3. The van der Waals surface area contributed by atoms with Crippen LogP contribution in [0.2, 0.25) is 0 Å². The lowest BCUT2D eigenvalue weighted by atomic mass is 9.92. The summed E-state index contributed by atoms with van der Waals surface area (Å²) in [6.07, 6.45) is 1.94. The van der Waals surface area contributed by atoms with Gasteiger partial charge in [-0.05, 0) is 11.6 Å². The van der Waals surface area contributed by atoms with E-state index >= 15 is 0 Å². The van der Waals surface area contributed by atoms with Gasteiger partial charge in [-0.15, -0.1) is 6.58 Å². The number of aromatic nitrogens is 1. The van der Waals surface area contributed by atoms with Crippen LogP contribution in [0, 0.1) is 0 Å². The molecule has 92 valence electrons. The summed E-state index contributed by atoms with van der Waals surface area (Å²) in [4.78, 5) is 14.1. The van der Waals surface area contributed by atoms with E-state index in [1.807, 2.05) is 36.9 Å². The summed E-state index contributed by atoms with van der Waals surface area (Å²) >= 11 is 0. The maximum atomic E-state index is 12.3. The highest BCUT2D eigenvalue weighted by Crippen LogP contribution is 2.36. The standard InChI is InChI=1S/C15H16N2O/c1-4-10-9-16(2)15(18)14-13(10)11-7-5-6-8-12(11)17(14)3/h4-8,10H,1,9H2,2-3H3. The van der Waals surface area contributed by atoms with Gasteiger partial charge in [-0.1, -0.05) is 24.3 Å². The molecular formula is C15H16N2O. The van der Waals surface area contributed by atoms with Crippen LogP contribution in [-0.4, -0.2) is 29.0 Å². The lowest BCUT2D eigenvalue weighted by Gasteiger charge is -2.29. The first-order chi connectivity index (χ1) is 8.65. The van der Waals surface area contributed by atoms with Crippen molar-refractivity contribution in [2.75, 3.05) is 13.6 Å². The highest BCUT2D eigenvalue weighted by molar-refractivity contribution is 6.03. The summed E-state index contributed by atoms with van der Waals surface area (Å²) in [7, 11) is 3.80. The molecule has 2 heterocycles. The number of aryl methyl sites for hydroxylation is 1. The van der Waals surface area contributed by atoms with Crippen LogP contribution in [-0.2, 0) is 7.05 Å². The molecule has 1 aliphatic heterocycles. The van der Waals surface area contributed by atoms with Gasteiger partial charge < -0.3 is 9.47 Å². The Kier molecular flexibility index (Phi) is 2.30. The molecule has 0 N–H and O–H groups in total. The predicted octanol–water partition coefficient (Wildman–Crippen LogP) is 2.53. The maximum Gasteiger partial charge on any atom is 0.270 e. The van der Waals surface area contributed by atoms with Gasteiger partial charge >= 0.3 is 0 Å². The molecule has 0 bridgehead atoms. The molecule has 3 rings (SSSR count). The first kappa shape index (κ1) is 11.1. The third-order valence-electron chi connectivity index (χ3n) is 3.82. The third-order valence-corrected chi connectivity index (χ3v) is 3.82. The van der Waals surface area contributed by atoms with Gasteiger partial charge in [-0.3, -0.25) is 4.79 Å². The molecule has 1 aliphatic rings. The number of carbonyl (C=O) groups is 1. The number of hydrogen-bond acceptors (Lipinski definition) is 1. The number of rotatable bonds is 1. The molecule has 0 spiro atoms. The van der Waals surface area contributed by atoms with Crippen molar-refractivity contribution in [3.8, 4) is 0 Å². The molecule has 1 atom stereocenters. The molecule has 0 aliphatic carbocycles. The van der Waals surface area contributed by atoms with Crippen molar-refractivity contribution in [2.45, 2.75) is 5.92 Å². The van der Waals surface area contributed by atoms with E-state index in [0.717, 1.165) is 16.8 Å². The highest BCUT2D eigenvalue weighted by Gasteiger charge is 2.32. The Morgan fingerprint density at radius 3 is 2.78 bits per heavy atom. The quantitative estimate of drug-likeness (QED) is 0.703. The fourth-order valence-corrected chi connectivity index (χ4v) is 2.90. The Hall–Kier alpha value is -2.03. The smallest absolute Gasteiger partial charge is 0.270 e. The number of benzene rings is 1. The summed E-state index contributed by atoms with van der Waals surface area (Å²) in [5, 5.41) is 1.17. The van der Waals surface area contributed by atoms with Crippen molar-refractivity contribution in [3.05, 3.63) is 48.2 Å². The van der Waals surface area contributed by atoms with Gasteiger partial charge in [-0.25, -0.2) is 0 Å². The SMILES string of the molecule is C=CC1CN(C)C(=O)c2c1c1ccccc1n2C. The zero-order valence-electron chi connectivity index (χ0n) is 10.7. The van der Waals surface area contributed by atoms with E-state index < -0.39 is 0 Å². The number of carbonyl (C=O) groups excluding carboxylic acids is 1. The molecule has 0 radical (unpaired) electrons. The normalized spacial score (nSPS) is 19.1. The number of para-hydroxylation sites is 1. The van der Waals surface area contributed by atoms with Crippen molar-refractivity contribution in [3.63, 3.8) is 0 Å². The van der Waals surface area contributed by atoms with Gasteiger partial charge in [0.2, 0.25) is 0 Å². The summed E-state index contributed by atoms with van der Waals surface area (Å²) in [5.41, 5.74) is 3.04. The molecular weight excluding hydrogens is 224 g/mol. The molecule has 3 nitrogen and oxygen atoms in total. The Morgan fingerprint density at radius 2 is 2.06 bits per heavy atom. The number of fused-ring (bicyclic) bond motifs is 3. The third kappa shape index (κ3) is 1.27. The molecule has 1 unspecified atom stereocenters. The minimum atomic E-state index is 0.0989. The van der Waals surface area contributed by atoms with Gasteiger partial charge in [0.1, 0.15) is 5.69 Å². The Labute approximate surface area is 106 Å². The van der Waals surface area contributed by atoms with Crippen molar-refractivity contribution >= 4 is 16.8 Å². The number of hydrogen-bond donors (Lipinski definition) is 0. The van der Waals surface area contributed by atoms with Gasteiger partial charge in [0.05, 0.1) is 0 Å². The second kappa shape index (κ2) is 3.73. The Morgan fingerprint density at radius 1 is 1.33 bits per heavy atom. The second-order valence-corrected chi connectivity index (χ2v) is 4.87. The molecule has 3 heteroatoms. The van der Waals surface area contributed by atoms with E-state index in [-0.39, 0.29) is 11.8 Å². The van der Waals surface area contributed by atoms with Gasteiger partial charge in [-0.2, -0.15) is 0 Å². The molecule has 0 saturated heterocycles. The van der Waals surface area contributed by atoms with Gasteiger partial charge in [0, 0.05) is 37.5 Å². The molecule has 1 aromatic heterocycles. The van der Waals surface area contributed by atoms with E-state index in [4.69, 9.17) is 0 Å². The summed E-state index contributed by atoms with van der Waals surface area (Å²) < 4.78 is 2.00. The molecule has 1 amide bonds. The molecule has 1 aromatic carbocycles. The average Bonchev–Trinajstić information content (AvgIpc) is 2.69. The topological polar surface area (TPSA) is 25.2 Å². The lowest BCUT2D eigenvalue weighted by molar-refractivity contribution is 0.0764. The van der Waals surface area contributed by atoms with Gasteiger partial charge in [0.15, 0.2) is 0 Å². The van der Waals surface area contributed by atoms with Crippen molar-refractivity contribution in [1.29, 1.82) is 0 Å². The Balaban J connectivity index is 2.42. The van der Waals surface area contributed by atoms with Crippen LogP contribution in [0.25, 0.3) is 10.9 Å². The van der Waals surface area contributed by atoms with Crippen LogP contribution in [0.1, 0.15) is 22.0 Å². The zero-order chi connectivity index (χ0) is 12.9. The minimum absolute atomic E-state index is 0.0989. The average molecular weight is 240 g/mol. The fourth-order valence-electron chi connectivity index (χ4n) is 2.90. The first-order valence-electron chi connectivity index (χ1n) is 6.10. The zero-order valence-corrected chi connectivity index (χ0v) is 10.7. The van der Waals surface area contributed by atoms with Crippen LogP contribution < -0.4 is 0 Å². The van der Waals surface area contributed by atoms with Crippen LogP contribution in [0.3, 0.4) is 0 Å². The fraction of sp³-hybridized carbons (Fsp3) is 0.267.